The maximum atomic E-state index is 6.35. The average molecular weight is 286 g/mol. The lowest BCUT2D eigenvalue weighted by Gasteiger charge is -2.11. The van der Waals surface area contributed by atoms with E-state index in [9.17, 15) is 0 Å². The highest BCUT2D eigenvalue weighted by atomic mass is 16.4. The first kappa shape index (κ1) is 11.0. The number of nitrogens with zero attached hydrogens (tertiary/aromatic N) is 2. The van der Waals surface area contributed by atoms with E-state index in [0.717, 1.165) is 30.9 Å². The summed E-state index contributed by atoms with van der Waals surface area (Å²) in [6.07, 6.45) is 1.12. The van der Waals surface area contributed by atoms with Crippen molar-refractivity contribution >= 4 is 44.0 Å². The number of para-hydroxylation sites is 2. The molecule has 1 aliphatic rings. The maximum absolute atomic E-state index is 6.35. The Morgan fingerprint density at radius 2 is 1.18 bits per heavy atom. The number of fused-ring (bicyclic) bond motifs is 7. The van der Waals surface area contributed by atoms with Crippen molar-refractivity contribution in [2.75, 3.05) is 0 Å². The predicted molar refractivity (Wildman–Crippen MR) is 89.3 cm³/mol. The number of hydrogen-bond donors (Lipinski definition) is 0. The Morgan fingerprint density at radius 1 is 0.682 bits per heavy atom. The molecule has 0 amide bonds. The third-order valence-electron chi connectivity index (χ3n) is 5.05. The van der Waals surface area contributed by atoms with Gasteiger partial charge < -0.3 is 13.6 Å². The van der Waals surface area contributed by atoms with Gasteiger partial charge in [-0.2, -0.15) is 0 Å². The van der Waals surface area contributed by atoms with Gasteiger partial charge in [-0.15, -0.1) is 0 Å². The van der Waals surface area contributed by atoms with Crippen molar-refractivity contribution in [1.82, 2.24) is 9.13 Å². The lowest BCUT2D eigenvalue weighted by atomic mass is 10.1. The van der Waals surface area contributed by atoms with Crippen LogP contribution in [0.5, 0.6) is 0 Å². The van der Waals surface area contributed by atoms with Gasteiger partial charge in [0.2, 0.25) is 11.4 Å². The van der Waals surface area contributed by atoms with E-state index in [4.69, 9.17) is 4.42 Å². The highest BCUT2D eigenvalue weighted by Crippen LogP contribution is 2.43. The second-order valence-electron chi connectivity index (χ2n) is 6.15. The summed E-state index contributed by atoms with van der Waals surface area (Å²) in [4.78, 5) is 0. The number of aromatic nitrogens is 2. The molecule has 2 bridgehead atoms. The van der Waals surface area contributed by atoms with E-state index >= 15 is 0 Å². The topological polar surface area (TPSA) is 23.0 Å². The molecule has 3 aromatic heterocycles. The molecule has 3 nitrogen and oxygen atoms in total. The molecule has 3 heteroatoms. The van der Waals surface area contributed by atoms with Gasteiger partial charge in [0.25, 0.3) is 0 Å². The number of furan rings is 1. The molecule has 0 unspecified atom stereocenters. The number of rotatable bonds is 0. The van der Waals surface area contributed by atoms with Crippen LogP contribution in [-0.2, 0) is 13.1 Å². The highest BCUT2D eigenvalue weighted by molar-refractivity contribution is 6.27. The minimum Gasteiger partial charge on any atom is -0.423 e. The van der Waals surface area contributed by atoms with Crippen LogP contribution in [0.1, 0.15) is 6.42 Å². The van der Waals surface area contributed by atoms with Crippen molar-refractivity contribution in [1.29, 1.82) is 0 Å². The zero-order chi connectivity index (χ0) is 14.3. The van der Waals surface area contributed by atoms with Crippen LogP contribution in [0.15, 0.2) is 52.9 Å². The van der Waals surface area contributed by atoms with E-state index in [1.165, 1.54) is 32.6 Å². The first-order valence-electron chi connectivity index (χ1n) is 7.84. The minimum atomic E-state index is 1.01. The van der Waals surface area contributed by atoms with Crippen LogP contribution in [0.25, 0.3) is 44.0 Å². The van der Waals surface area contributed by atoms with Gasteiger partial charge in [0.15, 0.2) is 0 Å². The van der Waals surface area contributed by atoms with Crippen LogP contribution in [0.3, 0.4) is 0 Å². The number of hydrogen-bond acceptors (Lipinski definition) is 1. The first-order chi connectivity index (χ1) is 10.9. The molecule has 5 aromatic rings. The molecule has 0 atom stereocenters. The molecular weight excluding hydrogens is 272 g/mol. The van der Waals surface area contributed by atoms with Crippen molar-refractivity contribution in [3.63, 3.8) is 0 Å². The molecule has 22 heavy (non-hydrogen) atoms. The smallest absolute Gasteiger partial charge is 0.211 e. The fourth-order valence-corrected chi connectivity index (χ4v) is 4.18. The predicted octanol–water partition coefficient (Wildman–Crippen LogP) is 4.90. The van der Waals surface area contributed by atoms with Crippen LogP contribution in [0, 0.1) is 0 Å². The van der Waals surface area contributed by atoms with E-state index in [1.54, 1.807) is 0 Å². The van der Waals surface area contributed by atoms with Gasteiger partial charge in [0, 0.05) is 23.9 Å². The first-order valence-corrected chi connectivity index (χ1v) is 7.84. The number of aryl methyl sites for hydroxylation is 2. The van der Waals surface area contributed by atoms with Gasteiger partial charge >= 0.3 is 0 Å². The lowest BCUT2D eigenvalue weighted by molar-refractivity contribution is 0.507. The van der Waals surface area contributed by atoms with Crippen molar-refractivity contribution in [2.45, 2.75) is 19.5 Å². The summed E-state index contributed by atoms with van der Waals surface area (Å²) in [5, 5.41) is 5.17. The molecule has 6 rings (SSSR count). The van der Waals surface area contributed by atoms with Gasteiger partial charge in [-0.05, 0) is 18.6 Å². The summed E-state index contributed by atoms with van der Waals surface area (Å²) in [5.74, 6) is 0. The Balaban J connectivity index is 2.04. The average Bonchev–Trinajstić information content (AvgIpc) is 3.15. The Morgan fingerprint density at radius 3 is 1.73 bits per heavy atom. The highest BCUT2D eigenvalue weighted by Gasteiger charge is 2.24. The van der Waals surface area contributed by atoms with Crippen LogP contribution < -0.4 is 0 Å². The van der Waals surface area contributed by atoms with Crippen molar-refractivity contribution in [3.8, 4) is 0 Å². The Kier molecular flexibility index (Phi) is 1.77. The van der Waals surface area contributed by atoms with E-state index < -0.39 is 0 Å². The van der Waals surface area contributed by atoms with E-state index in [2.05, 4.69) is 57.7 Å². The summed E-state index contributed by atoms with van der Waals surface area (Å²) in [7, 11) is 0. The van der Waals surface area contributed by atoms with Crippen molar-refractivity contribution < 1.29 is 4.42 Å². The quantitative estimate of drug-likeness (QED) is 0.397. The molecular formula is C19H14N2O. The second-order valence-corrected chi connectivity index (χ2v) is 6.15. The summed E-state index contributed by atoms with van der Waals surface area (Å²) in [6.45, 7) is 2.02. The summed E-state index contributed by atoms with van der Waals surface area (Å²) in [5.41, 5.74) is 4.64. The standard InChI is InChI=1S/C19H14N2O/c1-3-8-14-12(6-1)16-17-13-7-2-4-9-15(13)21-11-5-10-20(14)18(16)22-19(17)21/h1-4,6-9H,5,10-11H2. The minimum absolute atomic E-state index is 1.01. The molecule has 0 spiro atoms. The van der Waals surface area contributed by atoms with E-state index in [1.807, 2.05) is 0 Å². The van der Waals surface area contributed by atoms with Gasteiger partial charge in [-0.25, -0.2) is 0 Å². The monoisotopic (exact) mass is 286 g/mol. The van der Waals surface area contributed by atoms with Crippen LogP contribution in [0.2, 0.25) is 0 Å². The lowest BCUT2D eigenvalue weighted by Crippen LogP contribution is -2.05. The molecule has 0 fully saturated rings. The van der Waals surface area contributed by atoms with E-state index in [0.29, 0.717) is 0 Å². The molecule has 106 valence electrons. The zero-order valence-electron chi connectivity index (χ0n) is 12.0. The zero-order valence-corrected chi connectivity index (χ0v) is 12.0. The van der Waals surface area contributed by atoms with Gasteiger partial charge in [-0.3, -0.25) is 0 Å². The summed E-state index contributed by atoms with van der Waals surface area (Å²) < 4.78 is 11.1. The van der Waals surface area contributed by atoms with Crippen molar-refractivity contribution in [2.24, 2.45) is 0 Å². The van der Waals surface area contributed by atoms with E-state index in [-0.39, 0.29) is 0 Å². The normalized spacial score (nSPS) is 14.7. The molecule has 0 aliphatic carbocycles. The maximum Gasteiger partial charge on any atom is 0.211 e. The third-order valence-corrected chi connectivity index (χ3v) is 5.05. The summed E-state index contributed by atoms with van der Waals surface area (Å²) >= 11 is 0. The van der Waals surface area contributed by atoms with Crippen LogP contribution in [-0.4, -0.2) is 9.13 Å². The fourth-order valence-electron chi connectivity index (χ4n) is 4.18. The van der Waals surface area contributed by atoms with Crippen LogP contribution >= 0.6 is 0 Å². The third kappa shape index (κ3) is 1.08. The summed E-state index contributed by atoms with van der Waals surface area (Å²) in [6, 6.07) is 17.3. The fraction of sp³-hybridized carbons (Fsp3) is 0.158. The van der Waals surface area contributed by atoms with Crippen molar-refractivity contribution in [3.05, 3.63) is 48.5 Å². The molecule has 0 saturated heterocycles. The van der Waals surface area contributed by atoms with Gasteiger partial charge in [0.1, 0.15) is 0 Å². The molecule has 2 aromatic carbocycles. The Bertz CT molecular complexity index is 1110. The molecule has 4 heterocycles. The van der Waals surface area contributed by atoms with Crippen LogP contribution in [0.4, 0.5) is 0 Å². The Hall–Kier alpha value is -2.68. The molecule has 0 radical (unpaired) electrons. The SMILES string of the molecule is c1ccc2c(c1)c1c3c4ccccc4n4c3oc1n2CCC4. The number of benzene rings is 2. The second kappa shape index (κ2) is 3.55. The largest absolute Gasteiger partial charge is 0.423 e. The molecule has 0 N–H and O–H groups in total. The van der Waals surface area contributed by atoms with Gasteiger partial charge in [-0.1, -0.05) is 36.4 Å². The molecule has 1 aliphatic heterocycles. The Labute approximate surface area is 126 Å². The molecule has 0 saturated carbocycles. The van der Waals surface area contributed by atoms with Gasteiger partial charge in [0.05, 0.1) is 21.8 Å².